The first-order valence-electron chi connectivity index (χ1n) is 9.55. The lowest BCUT2D eigenvalue weighted by atomic mass is 9.97. The summed E-state index contributed by atoms with van der Waals surface area (Å²) in [5.74, 6) is 0.358. The number of rotatable bonds is 5. The van der Waals surface area contributed by atoms with Crippen molar-refractivity contribution in [3.05, 3.63) is 34.3 Å². The molecule has 1 N–H and O–H groups in total. The first-order chi connectivity index (χ1) is 13.3. The topological polar surface area (TPSA) is 44.7 Å². The van der Waals surface area contributed by atoms with E-state index in [-0.39, 0.29) is 16.5 Å². The maximum absolute atomic E-state index is 13.0. The highest BCUT2D eigenvalue weighted by Gasteiger charge is 2.31. The SMILES string of the molecule is CC(C)(C)NC(=O)CN1CCC(CN=C(P)c2cc(Cl)cc(C(F)(F)F)c2)CC1. The molecule has 9 heteroatoms. The third kappa shape index (κ3) is 8.23. The quantitative estimate of drug-likeness (QED) is 0.527. The standard InChI is InChI=1S/C20H28ClF3N3OP/c1-19(2,3)26-17(28)12-27-6-4-13(5-7-27)11-25-18(29)14-8-15(20(22,23)24)10-16(21)9-14/h8-10,13H,4-7,11-12,29H2,1-3H3,(H,26,28). The summed E-state index contributed by atoms with van der Waals surface area (Å²) in [6.07, 6.45) is -2.65. The molecule has 1 aromatic rings. The number of likely N-dealkylation sites (tertiary alicyclic amines) is 1. The van der Waals surface area contributed by atoms with Gasteiger partial charge in [0.05, 0.1) is 17.6 Å². The predicted molar refractivity (Wildman–Crippen MR) is 115 cm³/mol. The highest BCUT2D eigenvalue weighted by molar-refractivity contribution is 7.42. The van der Waals surface area contributed by atoms with Gasteiger partial charge in [0.1, 0.15) is 0 Å². The number of carbonyl (C=O) groups excluding carboxylic acids is 1. The molecule has 1 amide bonds. The largest absolute Gasteiger partial charge is 0.416 e. The normalized spacial score (nSPS) is 17.4. The van der Waals surface area contributed by atoms with Crippen LogP contribution in [0, 0.1) is 5.92 Å². The maximum Gasteiger partial charge on any atom is 0.416 e. The molecule has 0 aliphatic carbocycles. The smallest absolute Gasteiger partial charge is 0.350 e. The van der Waals surface area contributed by atoms with Crippen LogP contribution in [0.3, 0.4) is 0 Å². The Balaban J connectivity index is 1.89. The van der Waals surface area contributed by atoms with Crippen molar-refractivity contribution < 1.29 is 18.0 Å². The van der Waals surface area contributed by atoms with E-state index in [9.17, 15) is 18.0 Å². The number of aliphatic imine (C=N–C) groups is 1. The van der Waals surface area contributed by atoms with Gasteiger partial charge in [-0.15, -0.1) is 0 Å². The first-order valence-corrected chi connectivity index (χ1v) is 10.5. The summed E-state index contributed by atoms with van der Waals surface area (Å²) >= 11 is 5.84. The number of nitrogens with zero attached hydrogens (tertiary/aromatic N) is 2. The minimum absolute atomic E-state index is 0.0163. The Labute approximate surface area is 177 Å². The van der Waals surface area contributed by atoms with Gasteiger partial charge in [-0.2, -0.15) is 13.2 Å². The molecule has 1 saturated heterocycles. The van der Waals surface area contributed by atoms with Gasteiger partial charge >= 0.3 is 6.18 Å². The van der Waals surface area contributed by atoms with Gasteiger partial charge in [0.15, 0.2) is 0 Å². The van der Waals surface area contributed by atoms with E-state index in [4.69, 9.17) is 11.6 Å². The summed E-state index contributed by atoms with van der Waals surface area (Å²) in [5, 5.41) is 2.99. The van der Waals surface area contributed by atoms with Crippen LogP contribution in [0.4, 0.5) is 13.2 Å². The molecule has 2 rings (SSSR count). The summed E-state index contributed by atoms with van der Waals surface area (Å²) in [4.78, 5) is 18.6. The van der Waals surface area contributed by atoms with E-state index in [0.29, 0.717) is 30.0 Å². The second-order valence-electron chi connectivity index (χ2n) is 8.47. The zero-order chi connectivity index (χ0) is 21.8. The monoisotopic (exact) mass is 449 g/mol. The molecule has 1 fully saturated rings. The van der Waals surface area contributed by atoms with Crippen LogP contribution in [0.1, 0.15) is 44.7 Å². The average Bonchev–Trinajstić information content (AvgIpc) is 2.58. The van der Waals surface area contributed by atoms with Crippen LogP contribution in [-0.2, 0) is 11.0 Å². The summed E-state index contributed by atoms with van der Waals surface area (Å²) in [6, 6.07) is 3.46. The Morgan fingerprint density at radius 1 is 1.24 bits per heavy atom. The second kappa shape index (κ2) is 9.76. The molecule has 0 radical (unpaired) electrons. The van der Waals surface area contributed by atoms with Crippen LogP contribution >= 0.6 is 20.8 Å². The van der Waals surface area contributed by atoms with Crippen molar-refractivity contribution in [2.75, 3.05) is 26.2 Å². The Hall–Kier alpha value is -1.17. The first kappa shape index (κ1) is 24.1. The van der Waals surface area contributed by atoms with E-state index in [0.717, 1.165) is 38.1 Å². The predicted octanol–water partition coefficient (Wildman–Crippen LogP) is 4.61. The van der Waals surface area contributed by atoms with Gasteiger partial charge in [-0.3, -0.25) is 14.7 Å². The number of hydrogen-bond acceptors (Lipinski definition) is 3. The molecule has 29 heavy (non-hydrogen) atoms. The van der Waals surface area contributed by atoms with Gasteiger partial charge in [0.2, 0.25) is 5.91 Å². The number of piperidine rings is 1. The van der Waals surface area contributed by atoms with Gasteiger partial charge in [0, 0.05) is 22.7 Å². The molecule has 1 heterocycles. The van der Waals surface area contributed by atoms with Crippen LogP contribution < -0.4 is 5.32 Å². The molecule has 0 aromatic heterocycles. The number of carbonyl (C=O) groups is 1. The highest BCUT2D eigenvalue weighted by atomic mass is 35.5. The van der Waals surface area contributed by atoms with Crippen LogP contribution in [0.25, 0.3) is 0 Å². The molecule has 1 aromatic carbocycles. The highest BCUT2D eigenvalue weighted by Crippen LogP contribution is 2.32. The number of benzene rings is 1. The zero-order valence-electron chi connectivity index (χ0n) is 16.9. The van der Waals surface area contributed by atoms with Gasteiger partial charge < -0.3 is 5.32 Å². The van der Waals surface area contributed by atoms with Crippen molar-refractivity contribution in [2.24, 2.45) is 10.9 Å². The van der Waals surface area contributed by atoms with E-state index >= 15 is 0 Å². The van der Waals surface area contributed by atoms with Gasteiger partial charge in [-0.05, 0) is 70.8 Å². The average molecular weight is 450 g/mol. The molecule has 1 unspecified atom stereocenters. The van der Waals surface area contributed by atoms with Crippen molar-refractivity contribution in [1.82, 2.24) is 10.2 Å². The third-order valence-electron chi connectivity index (χ3n) is 4.63. The van der Waals surface area contributed by atoms with Crippen molar-refractivity contribution in [1.29, 1.82) is 0 Å². The molecule has 4 nitrogen and oxygen atoms in total. The number of alkyl halides is 3. The molecule has 0 spiro atoms. The Morgan fingerprint density at radius 3 is 2.41 bits per heavy atom. The number of hydrogen-bond donors (Lipinski definition) is 1. The maximum atomic E-state index is 13.0. The summed E-state index contributed by atoms with van der Waals surface area (Å²) in [7, 11) is 2.41. The minimum atomic E-state index is -4.45. The molecule has 1 atom stereocenters. The summed E-state index contributed by atoms with van der Waals surface area (Å²) in [5.41, 5.74) is -0.209. The van der Waals surface area contributed by atoms with Crippen LogP contribution in [0.2, 0.25) is 5.02 Å². The van der Waals surface area contributed by atoms with Crippen LogP contribution in [-0.4, -0.2) is 48.0 Å². The van der Waals surface area contributed by atoms with E-state index in [1.807, 2.05) is 20.8 Å². The van der Waals surface area contributed by atoms with Crippen LogP contribution in [0.15, 0.2) is 23.2 Å². The molecular formula is C20H28ClF3N3OP. The second-order valence-corrected chi connectivity index (χ2v) is 9.45. The Kier molecular flexibility index (Phi) is 8.11. The number of halogens is 4. The van der Waals surface area contributed by atoms with Crippen molar-refractivity contribution in [2.45, 2.75) is 45.3 Å². The summed E-state index contributed by atoms with van der Waals surface area (Å²) in [6.45, 7) is 8.38. The molecule has 0 bridgehead atoms. The zero-order valence-corrected chi connectivity index (χ0v) is 18.9. The van der Waals surface area contributed by atoms with Crippen molar-refractivity contribution in [3.63, 3.8) is 0 Å². The fourth-order valence-corrected chi connectivity index (χ4v) is 3.72. The van der Waals surface area contributed by atoms with Crippen molar-refractivity contribution >= 4 is 32.2 Å². The summed E-state index contributed by atoms with van der Waals surface area (Å²) < 4.78 is 38.9. The van der Waals surface area contributed by atoms with E-state index in [2.05, 4.69) is 24.4 Å². The van der Waals surface area contributed by atoms with Gasteiger partial charge in [-0.25, -0.2) is 0 Å². The van der Waals surface area contributed by atoms with E-state index in [1.165, 1.54) is 6.07 Å². The lowest BCUT2D eigenvalue weighted by Crippen LogP contribution is -2.47. The number of nitrogens with one attached hydrogen (secondary N) is 1. The molecule has 162 valence electrons. The van der Waals surface area contributed by atoms with Crippen LogP contribution in [0.5, 0.6) is 0 Å². The molecular weight excluding hydrogens is 422 g/mol. The molecule has 1 aliphatic heterocycles. The molecule has 1 aliphatic rings. The molecule has 0 saturated carbocycles. The lowest BCUT2D eigenvalue weighted by Gasteiger charge is -2.31. The number of amides is 1. The third-order valence-corrected chi connectivity index (χ3v) is 5.36. The Bertz CT molecular complexity index is 754. The van der Waals surface area contributed by atoms with Gasteiger partial charge in [0.25, 0.3) is 0 Å². The Morgan fingerprint density at radius 2 is 1.86 bits per heavy atom. The van der Waals surface area contributed by atoms with E-state index in [1.54, 1.807) is 0 Å². The fourth-order valence-electron chi connectivity index (χ4n) is 3.21. The lowest BCUT2D eigenvalue weighted by molar-refractivity contribution is -0.137. The fraction of sp³-hybridized carbons (Fsp3) is 0.600. The van der Waals surface area contributed by atoms with Gasteiger partial charge in [-0.1, -0.05) is 20.8 Å². The van der Waals surface area contributed by atoms with E-state index < -0.39 is 11.7 Å². The van der Waals surface area contributed by atoms with Crippen molar-refractivity contribution in [3.8, 4) is 0 Å². The minimum Gasteiger partial charge on any atom is -0.350 e.